The van der Waals surface area contributed by atoms with E-state index in [0.29, 0.717) is 0 Å². The first-order chi connectivity index (χ1) is 7.66. The Morgan fingerprint density at radius 1 is 0.875 bits per heavy atom. The van der Waals surface area contributed by atoms with Gasteiger partial charge in [-0.25, -0.2) is 0 Å². The Hall–Kier alpha value is -1.76. The highest BCUT2D eigenvalue weighted by atomic mass is 14.2. The van der Waals surface area contributed by atoms with Crippen molar-refractivity contribution in [2.45, 2.75) is 6.92 Å². The third-order valence-electron chi connectivity index (χ3n) is 3.16. The molecule has 0 heterocycles. The Balaban J connectivity index is 2.34. The van der Waals surface area contributed by atoms with Gasteiger partial charge in [-0.05, 0) is 34.8 Å². The number of aryl methyl sites for hydroxylation is 1. The van der Waals surface area contributed by atoms with Crippen molar-refractivity contribution in [3.63, 3.8) is 0 Å². The number of hydrogen-bond acceptors (Lipinski definition) is 0. The first kappa shape index (κ1) is 9.47. The zero-order valence-corrected chi connectivity index (χ0v) is 9.25. The molecule has 2 aromatic carbocycles. The van der Waals surface area contributed by atoms with Crippen molar-refractivity contribution in [2.75, 3.05) is 0 Å². The van der Waals surface area contributed by atoms with Gasteiger partial charge in [0.05, 0.1) is 0 Å². The molecule has 74 valence electrons. The molecule has 0 N–H and O–H groups in total. The second-order valence-corrected chi connectivity index (χ2v) is 4.33. The monoisotopic (exact) mass is 202 g/mol. The lowest BCUT2D eigenvalue weighted by Gasteiger charge is -2.01. The third-order valence-corrected chi connectivity index (χ3v) is 3.16. The molecule has 0 aromatic heterocycles. The molecule has 2 aromatic rings. The van der Waals surface area contributed by atoms with E-state index in [9.17, 15) is 0 Å². The quantitative estimate of drug-likeness (QED) is 0.491. The minimum Gasteiger partial charge on any atom is -0.0960 e. The summed E-state index contributed by atoms with van der Waals surface area (Å²) in [7, 11) is 5.82. The van der Waals surface area contributed by atoms with E-state index in [1.165, 1.54) is 27.8 Å². The number of rotatable bonds is 0. The zero-order valence-electron chi connectivity index (χ0n) is 9.25. The minimum atomic E-state index is 0.796. The Kier molecular flexibility index (Phi) is 1.84. The molecule has 0 spiro atoms. The summed E-state index contributed by atoms with van der Waals surface area (Å²) in [6.07, 6.45) is 0. The van der Waals surface area contributed by atoms with Crippen LogP contribution in [-0.2, 0) is 0 Å². The van der Waals surface area contributed by atoms with Gasteiger partial charge in [0.2, 0.25) is 0 Å². The maximum atomic E-state index is 5.82. The second kappa shape index (κ2) is 3.12. The van der Waals surface area contributed by atoms with Crippen LogP contribution in [0.5, 0.6) is 0 Å². The van der Waals surface area contributed by atoms with Crippen molar-refractivity contribution >= 4 is 18.9 Å². The number of fused-ring (bicyclic) bond motifs is 3. The Labute approximate surface area is 97.0 Å². The molecule has 0 atom stereocenters. The fourth-order valence-electron chi connectivity index (χ4n) is 2.33. The SMILES string of the molecule is [B]c1ccc2c(c1)C(=C)c1cc(C)ccc1-2. The first-order valence-corrected chi connectivity index (χ1v) is 5.37. The predicted molar refractivity (Wildman–Crippen MR) is 70.1 cm³/mol. The topological polar surface area (TPSA) is 0 Å². The van der Waals surface area contributed by atoms with Crippen molar-refractivity contribution in [1.29, 1.82) is 0 Å². The summed E-state index contributed by atoms with van der Waals surface area (Å²) in [6.45, 7) is 6.27. The van der Waals surface area contributed by atoms with Gasteiger partial charge in [-0.15, -0.1) is 0 Å². The lowest BCUT2D eigenvalue weighted by molar-refractivity contribution is 1.46. The van der Waals surface area contributed by atoms with Gasteiger partial charge in [-0.2, -0.15) is 0 Å². The molecule has 0 amide bonds. The molecule has 2 radical (unpaired) electrons. The average Bonchev–Trinajstić information content (AvgIpc) is 2.53. The van der Waals surface area contributed by atoms with Crippen LogP contribution in [0.15, 0.2) is 43.0 Å². The van der Waals surface area contributed by atoms with Crippen LogP contribution in [0.2, 0.25) is 0 Å². The predicted octanol–water partition coefficient (Wildman–Crippen LogP) is 2.83. The zero-order chi connectivity index (χ0) is 11.3. The summed E-state index contributed by atoms with van der Waals surface area (Å²) in [5.74, 6) is 0. The Bertz CT molecular complexity index is 555. The van der Waals surface area contributed by atoms with Gasteiger partial charge in [0.25, 0.3) is 0 Å². The summed E-state index contributed by atoms with van der Waals surface area (Å²) >= 11 is 0. The fraction of sp³-hybridized carbons (Fsp3) is 0.0667. The lowest BCUT2D eigenvalue weighted by Crippen LogP contribution is -2.01. The molecule has 1 aliphatic carbocycles. The van der Waals surface area contributed by atoms with E-state index in [1.54, 1.807) is 0 Å². The van der Waals surface area contributed by atoms with Crippen molar-refractivity contribution in [1.82, 2.24) is 0 Å². The molecular weight excluding hydrogens is 191 g/mol. The molecule has 0 bridgehead atoms. The second-order valence-electron chi connectivity index (χ2n) is 4.33. The van der Waals surface area contributed by atoms with Crippen LogP contribution in [0.3, 0.4) is 0 Å². The summed E-state index contributed by atoms with van der Waals surface area (Å²) in [4.78, 5) is 0. The lowest BCUT2D eigenvalue weighted by atomic mass is 9.91. The molecular formula is C15H11B. The molecule has 1 aliphatic rings. The maximum absolute atomic E-state index is 5.82. The number of benzene rings is 2. The summed E-state index contributed by atoms with van der Waals surface area (Å²) < 4.78 is 0. The van der Waals surface area contributed by atoms with Crippen molar-refractivity contribution in [2.24, 2.45) is 0 Å². The Morgan fingerprint density at radius 3 is 2.25 bits per heavy atom. The maximum Gasteiger partial charge on any atom is 0.113 e. The van der Waals surface area contributed by atoms with E-state index in [-0.39, 0.29) is 0 Å². The van der Waals surface area contributed by atoms with Crippen LogP contribution >= 0.6 is 0 Å². The fourth-order valence-corrected chi connectivity index (χ4v) is 2.33. The van der Waals surface area contributed by atoms with Gasteiger partial charge in [-0.3, -0.25) is 0 Å². The molecule has 0 fully saturated rings. The average molecular weight is 202 g/mol. The van der Waals surface area contributed by atoms with Gasteiger partial charge in [0, 0.05) is 0 Å². The molecule has 0 saturated carbocycles. The van der Waals surface area contributed by atoms with Crippen LogP contribution in [0.25, 0.3) is 16.7 Å². The molecule has 0 nitrogen and oxygen atoms in total. The van der Waals surface area contributed by atoms with Gasteiger partial charge >= 0.3 is 0 Å². The van der Waals surface area contributed by atoms with Gasteiger partial charge in [-0.1, -0.05) is 54.0 Å². The Morgan fingerprint density at radius 2 is 1.50 bits per heavy atom. The van der Waals surface area contributed by atoms with Gasteiger partial charge < -0.3 is 0 Å². The highest BCUT2D eigenvalue weighted by Crippen LogP contribution is 2.42. The summed E-state index contributed by atoms with van der Waals surface area (Å²) in [6, 6.07) is 12.5. The van der Waals surface area contributed by atoms with Crippen molar-refractivity contribution in [3.8, 4) is 11.1 Å². The van der Waals surface area contributed by atoms with Crippen molar-refractivity contribution in [3.05, 3.63) is 59.7 Å². The van der Waals surface area contributed by atoms with Gasteiger partial charge in [0.15, 0.2) is 0 Å². The molecule has 0 saturated heterocycles. The van der Waals surface area contributed by atoms with Gasteiger partial charge in [0.1, 0.15) is 7.85 Å². The van der Waals surface area contributed by atoms with Crippen LogP contribution in [0, 0.1) is 6.92 Å². The molecule has 16 heavy (non-hydrogen) atoms. The molecule has 0 unspecified atom stereocenters. The highest BCUT2D eigenvalue weighted by molar-refractivity contribution is 6.32. The third kappa shape index (κ3) is 1.18. The number of hydrogen-bond donors (Lipinski definition) is 0. The van der Waals surface area contributed by atoms with E-state index < -0.39 is 0 Å². The van der Waals surface area contributed by atoms with E-state index in [0.717, 1.165) is 11.0 Å². The van der Waals surface area contributed by atoms with E-state index in [1.807, 2.05) is 12.1 Å². The van der Waals surface area contributed by atoms with E-state index in [2.05, 4.69) is 37.8 Å². The summed E-state index contributed by atoms with van der Waals surface area (Å²) in [5.41, 5.74) is 8.06. The van der Waals surface area contributed by atoms with Crippen LogP contribution < -0.4 is 5.46 Å². The largest absolute Gasteiger partial charge is 0.113 e. The molecule has 3 rings (SSSR count). The van der Waals surface area contributed by atoms with E-state index >= 15 is 0 Å². The highest BCUT2D eigenvalue weighted by Gasteiger charge is 2.21. The smallest absolute Gasteiger partial charge is 0.0960 e. The molecule has 1 heteroatoms. The first-order valence-electron chi connectivity index (χ1n) is 5.37. The summed E-state index contributed by atoms with van der Waals surface area (Å²) in [5, 5.41) is 0. The standard InChI is InChI=1S/C15H11B/c1-9-3-5-12-13-6-4-11(16)8-15(13)10(2)14(12)7-9/h3-8H,2H2,1H3. The van der Waals surface area contributed by atoms with Crippen LogP contribution in [-0.4, -0.2) is 7.85 Å². The van der Waals surface area contributed by atoms with E-state index in [4.69, 9.17) is 7.85 Å². The molecule has 0 aliphatic heterocycles. The minimum absolute atomic E-state index is 0.796. The van der Waals surface area contributed by atoms with Crippen molar-refractivity contribution < 1.29 is 0 Å². The normalized spacial score (nSPS) is 12.4. The van der Waals surface area contributed by atoms with Crippen LogP contribution in [0.1, 0.15) is 16.7 Å². The van der Waals surface area contributed by atoms with Crippen LogP contribution in [0.4, 0.5) is 0 Å².